The Kier molecular flexibility index (Phi) is 6.64. The average molecular weight is 428 g/mol. The van der Waals surface area contributed by atoms with Gasteiger partial charge in [-0.05, 0) is 62.6 Å². The predicted octanol–water partition coefficient (Wildman–Crippen LogP) is 5.17. The van der Waals surface area contributed by atoms with Gasteiger partial charge in [-0.2, -0.15) is 0 Å². The third-order valence-corrected chi connectivity index (χ3v) is 5.85. The lowest BCUT2D eigenvalue weighted by molar-refractivity contribution is 0.102. The van der Waals surface area contributed by atoms with Crippen molar-refractivity contribution in [1.29, 1.82) is 0 Å². The average Bonchev–Trinajstić information content (AvgIpc) is 3.04. The van der Waals surface area contributed by atoms with Crippen molar-refractivity contribution in [3.05, 3.63) is 88.0 Å². The molecule has 1 unspecified atom stereocenters. The van der Waals surface area contributed by atoms with Crippen molar-refractivity contribution in [3.63, 3.8) is 0 Å². The Hall–Kier alpha value is -2.63. The highest BCUT2D eigenvalue weighted by atomic mass is 35.5. The molecule has 1 aliphatic rings. The van der Waals surface area contributed by atoms with Crippen LogP contribution in [0.2, 0.25) is 0 Å². The molecule has 0 bridgehead atoms. The SMILES string of the molecule is Cc1cc(C(=O)Nc2ccc3c(c2F)CCNC3)c(C)n1C(C)c1ccccc1.Cl. The van der Waals surface area contributed by atoms with Crippen LogP contribution in [-0.2, 0) is 13.0 Å². The van der Waals surface area contributed by atoms with Crippen molar-refractivity contribution in [3.8, 4) is 0 Å². The molecular weight excluding hydrogens is 401 g/mol. The molecule has 2 N–H and O–H groups in total. The molecule has 6 heteroatoms. The van der Waals surface area contributed by atoms with Crippen LogP contribution in [0.15, 0.2) is 48.5 Å². The highest BCUT2D eigenvalue weighted by Gasteiger charge is 2.22. The van der Waals surface area contributed by atoms with Crippen molar-refractivity contribution in [2.45, 2.75) is 39.8 Å². The van der Waals surface area contributed by atoms with Crippen LogP contribution in [0, 0.1) is 19.7 Å². The first-order valence-corrected chi connectivity index (χ1v) is 10.0. The van der Waals surface area contributed by atoms with Gasteiger partial charge in [-0.25, -0.2) is 4.39 Å². The number of hydrogen-bond donors (Lipinski definition) is 2. The van der Waals surface area contributed by atoms with E-state index in [1.807, 2.05) is 44.2 Å². The van der Waals surface area contributed by atoms with Crippen LogP contribution in [0.5, 0.6) is 0 Å². The van der Waals surface area contributed by atoms with Gasteiger partial charge in [-0.3, -0.25) is 4.79 Å². The van der Waals surface area contributed by atoms with Gasteiger partial charge in [0.2, 0.25) is 0 Å². The lowest BCUT2D eigenvalue weighted by atomic mass is 9.99. The second kappa shape index (κ2) is 9.02. The van der Waals surface area contributed by atoms with E-state index in [2.05, 4.69) is 34.3 Å². The molecule has 0 aliphatic carbocycles. The minimum absolute atomic E-state index is 0. The minimum Gasteiger partial charge on any atom is -0.341 e. The summed E-state index contributed by atoms with van der Waals surface area (Å²) in [7, 11) is 0. The minimum atomic E-state index is -0.316. The van der Waals surface area contributed by atoms with E-state index in [-0.39, 0.29) is 35.9 Å². The Balaban J connectivity index is 0.00000256. The summed E-state index contributed by atoms with van der Waals surface area (Å²) in [5.41, 5.74) is 5.53. The second-order valence-corrected chi connectivity index (χ2v) is 7.69. The van der Waals surface area contributed by atoms with Gasteiger partial charge in [0, 0.05) is 17.9 Å². The third kappa shape index (κ3) is 4.00. The summed E-state index contributed by atoms with van der Waals surface area (Å²) < 4.78 is 17.1. The summed E-state index contributed by atoms with van der Waals surface area (Å²) in [5.74, 6) is -0.596. The topological polar surface area (TPSA) is 46.1 Å². The second-order valence-electron chi connectivity index (χ2n) is 7.69. The van der Waals surface area contributed by atoms with Crippen molar-refractivity contribution in [2.24, 2.45) is 0 Å². The normalized spacial score (nSPS) is 13.9. The number of halogens is 2. The number of benzene rings is 2. The number of carbonyl (C=O) groups is 1. The molecule has 30 heavy (non-hydrogen) atoms. The zero-order valence-electron chi connectivity index (χ0n) is 17.5. The zero-order chi connectivity index (χ0) is 20.5. The van der Waals surface area contributed by atoms with Crippen LogP contribution in [0.25, 0.3) is 0 Å². The molecule has 1 aliphatic heterocycles. The maximum atomic E-state index is 14.9. The summed E-state index contributed by atoms with van der Waals surface area (Å²) in [6, 6.07) is 15.7. The Morgan fingerprint density at radius 1 is 1.17 bits per heavy atom. The van der Waals surface area contributed by atoms with Gasteiger partial charge in [-0.1, -0.05) is 36.4 Å². The number of anilines is 1. The molecule has 4 rings (SSSR count). The van der Waals surface area contributed by atoms with Gasteiger partial charge >= 0.3 is 0 Å². The lowest BCUT2D eigenvalue weighted by Crippen LogP contribution is -2.25. The molecule has 2 heterocycles. The van der Waals surface area contributed by atoms with Gasteiger partial charge in [-0.15, -0.1) is 12.4 Å². The monoisotopic (exact) mass is 427 g/mol. The number of fused-ring (bicyclic) bond motifs is 1. The molecule has 158 valence electrons. The number of amides is 1. The number of rotatable bonds is 4. The smallest absolute Gasteiger partial charge is 0.257 e. The fourth-order valence-electron chi connectivity index (χ4n) is 4.30. The fraction of sp³-hybridized carbons (Fsp3) is 0.292. The number of aryl methyl sites for hydroxylation is 1. The molecule has 2 aromatic carbocycles. The first-order chi connectivity index (χ1) is 14.0. The standard InChI is InChI=1S/C24H26FN3O.ClH/c1-15-13-21(17(3)28(15)16(2)18-7-5-4-6-8-18)24(29)27-22-10-9-19-14-26-12-11-20(19)23(22)25;/h4-10,13,16,26H,11-12,14H2,1-3H3,(H,27,29);1H. The van der Waals surface area contributed by atoms with Crippen molar-refractivity contribution >= 4 is 24.0 Å². The van der Waals surface area contributed by atoms with Crippen molar-refractivity contribution < 1.29 is 9.18 Å². The van der Waals surface area contributed by atoms with Gasteiger partial charge in [0.25, 0.3) is 5.91 Å². The molecule has 3 aromatic rings. The van der Waals surface area contributed by atoms with E-state index in [0.717, 1.165) is 23.5 Å². The van der Waals surface area contributed by atoms with E-state index < -0.39 is 0 Å². The summed E-state index contributed by atoms with van der Waals surface area (Å²) in [4.78, 5) is 13.0. The maximum absolute atomic E-state index is 14.9. The first kappa shape index (κ1) is 22.1. The summed E-state index contributed by atoms with van der Waals surface area (Å²) in [6.45, 7) is 7.47. The van der Waals surface area contributed by atoms with E-state index >= 15 is 0 Å². The first-order valence-electron chi connectivity index (χ1n) is 10.0. The van der Waals surface area contributed by atoms with Gasteiger partial charge in [0.15, 0.2) is 0 Å². The van der Waals surface area contributed by atoms with Crippen molar-refractivity contribution in [1.82, 2.24) is 9.88 Å². The molecule has 0 fully saturated rings. The fourth-order valence-corrected chi connectivity index (χ4v) is 4.30. The largest absolute Gasteiger partial charge is 0.341 e. The summed E-state index contributed by atoms with van der Waals surface area (Å²) in [5, 5.41) is 6.03. The van der Waals surface area contributed by atoms with Gasteiger partial charge in [0.1, 0.15) is 5.82 Å². The van der Waals surface area contributed by atoms with E-state index in [1.54, 1.807) is 6.07 Å². The van der Waals surface area contributed by atoms with E-state index in [0.29, 0.717) is 24.1 Å². The number of nitrogens with one attached hydrogen (secondary N) is 2. The molecule has 1 aromatic heterocycles. The Morgan fingerprint density at radius 2 is 1.90 bits per heavy atom. The Labute approximate surface area is 182 Å². The maximum Gasteiger partial charge on any atom is 0.257 e. The highest BCUT2D eigenvalue weighted by molar-refractivity contribution is 6.05. The molecule has 1 amide bonds. The molecule has 1 atom stereocenters. The third-order valence-electron chi connectivity index (χ3n) is 5.85. The van der Waals surface area contributed by atoms with E-state index in [9.17, 15) is 9.18 Å². The van der Waals surface area contributed by atoms with Crippen LogP contribution in [0.4, 0.5) is 10.1 Å². The van der Waals surface area contributed by atoms with Crippen molar-refractivity contribution in [2.75, 3.05) is 11.9 Å². The van der Waals surface area contributed by atoms with Crippen LogP contribution >= 0.6 is 12.4 Å². The summed E-state index contributed by atoms with van der Waals surface area (Å²) in [6.07, 6.45) is 0.633. The molecule has 0 saturated carbocycles. The van der Waals surface area contributed by atoms with Crippen LogP contribution in [0.1, 0.15) is 51.4 Å². The Morgan fingerprint density at radius 3 is 2.63 bits per heavy atom. The van der Waals surface area contributed by atoms with Crippen LogP contribution in [-0.4, -0.2) is 17.0 Å². The summed E-state index contributed by atoms with van der Waals surface area (Å²) >= 11 is 0. The predicted molar refractivity (Wildman–Crippen MR) is 121 cm³/mol. The number of carbonyl (C=O) groups excluding carboxylic acids is 1. The van der Waals surface area contributed by atoms with Gasteiger partial charge in [0.05, 0.1) is 17.3 Å². The number of aromatic nitrogens is 1. The lowest BCUT2D eigenvalue weighted by Gasteiger charge is -2.20. The molecule has 0 spiro atoms. The quantitative estimate of drug-likeness (QED) is 0.603. The van der Waals surface area contributed by atoms with E-state index in [1.165, 1.54) is 5.56 Å². The van der Waals surface area contributed by atoms with E-state index in [4.69, 9.17) is 0 Å². The molecular formula is C24H27ClFN3O. The highest BCUT2D eigenvalue weighted by Crippen LogP contribution is 2.28. The van der Waals surface area contributed by atoms with Crippen LogP contribution < -0.4 is 10.6 Å². The van der Waals surface area contributed by atoms with Gasteiger partial charge < -0.3 is 15.2 Å². The Bertz CT molecular complexity index is 1060. The molecule has 0 radical (unpaired) electrons. The number of hydrogen-bond acceptors (Lipinski definition) is 2. The number of nitrogens with zero attached hydrogens (tertiary/aromatic N) is 1. The zero-order valence-corrected chi connectivity index (χ0v) is 18.3. The molecule has 0 saturated heterocycles. The van der Waals surface area contributed by atoms with Crippen LogP contribution in [0.3, 0.4) is 0 Å². The molecule has 4 nitrogen and oxygen atoms in total.